The number of imidazole rings is 1. The quantitative estimate of drug-likeness (QED) is 0.737. The van der Waals surface area contributed by atoms with Crippen LogP contribution in [0.15, 0.2) is 48.8 Å². The Labute approximate surface area is 171 Å². The Morgan fingerprint density at radius 2 is 1.93 bits per heavy atom. The van der Waals surface area contributed by atoms with Gasteiger partial charge in [-0.05, 0) is 50.2 Å². The molecule has 1 saturated carbocycles. The highest BCUT2D eigenvalue weighted by molar-refractivity contribution is 5.76. The van der Waals surface area contributed by atoms with Crippen LogP contribution in [0.1, 0.15) is 37.1 Å². The number of aromatic nitrogens is 3. The SMILES string of the molecule is Cc1nc2cnccc2n1CC1CCN(C(=O)NC2(c3ccccc3)CC2)CC1. The van der Waals surface area contributed by atoms with E-state index in [0.717, 1.165) is 62.2 Å². The average molecular weight is 390 g/mol. The van der Waals surface area contributed by atoms with Crippen LogP contribution in [0.25, 0.3) is 11.0 Å². The van der Waals surface area contributed by atoms with Crippen molar-refractivity contribution in [1.29, 1.82) is 0 Å². The van der Waals surface area contributed by atoms with E-state index in [2.05, 4.69) is 38.9 Å². The molecule has 3 aromatic rings. The van der Waals surface area contributed by atoms with Crippen LogP contribution >= 0.6 is 0 Å². The van der Waals surface area contributed by atoms with Crippen LogP contribution in [0.3, 0.4) is 0 Å². The third kappa shape index (κ3) is 3.48. The smallest absolute Gasteiger partial charge is 0.318 e. The van der Waals surface area contributed by atoms with Crippen LogP contribution in [-0.4, -0.2) is 38.6 Å². The molecule has 1 N–H and O–H groups in total. The summed E-state index contributed by atoms with van der Waals surface area (Å²) in [6.45, 7) is 4.64. The standard InChI is InChI=1S/C23H27N5O/c1-17-25-20-15-24-12-7-21(20)28(17)16-18-8-13-27(14-9-18)22(29)26-23(10-11-23)19-5-3-2-4-6-19/h2-7,12,15,18H,8-11,13-14,16H2,1H3,(H,26,29). The Hall–Kier alpha value is -2.89. The van der Waals surface area contributed by atoms with E-state index in [1.165, 1.54) is 5.56 Å². The van der Waals surface area contributed by atoms with E-state index in [1.54, 1.807) is 0 Å². The molecule has 150 valence electrons. The number of benzene rings is 1. The Morgan fingerprint density at radius 3 is 2.66 bits per heavy atom. The first-order chi connectivity index (χ1) is 14.1. The van der Waals surface area contributed by atoms with Crippen molar-refractivity contribution in [1.82, 2.24) is 24.8 Å². The minimum absolute atomic E-state index is 0.0835. The van der Waals surface area contributed by atoms with Crippen molar-refractivity contribution < 1.29 is 4.79 Å². The first-order valence-corrected chi connectivity index (χ1v) is 10.5. The molecule has 0 atom stereocenters. The highest BCUT2D eigenvalue weighted by Gasteiger charge is 2.46. The topological polar surface area (TPSA) is 63.1 Å². The number of nitrogens with one attached hydrogen (secondary N) is 1. The molecule has 29 heavy (non-hydrogen) atoms. The molecule has 0 radical (unpaired) electrons. The van der Waals surface area contributed by atoms with Crippen molar-refractivity contribution in [2.45, 2.75) is 44.7 Å². The maximum Gasteiger partial charge on any atom is 0.318 e. The average Bonchev–Trinajstić information content (AvgIpc) is 3.47. The summed E-state index contributed by atoms with van der Waals surface area (Å²) in [5.74, 6) is 1.60. The van der Waals surface area contributed by atoms with Gasteiger partial charge in [-0.15, -0.1) is 0 Å². The molecule has 2 fully saturated rings. The molecule has 1 aromatic carbocycles. The summed E-state index contributed by atoms with van der Waals surface area (Å²) < 4.78 is 2.30. The number of rotatable bonds is 4. The van der Waals surface area contributed by atoms with E-state index in [0.29, 0.717) is 5.92 Å². The van der Waals surface area contributed by atoms with Crippen molar-refractivity contribution in [3.8, 4) is 0 Å². The minimum atomic E-state index is -0.143. The van der Waals surface area contributed by atoms with Crippen LogP contribution in [-0.2, 0) is 12.1 Å². The number of piperidine rings is 1. The molecule has 2 aliphatic rings. The van der Waals surface area contributed by atoms with Crippen LogP contribution in [0.5, 0.6) is 0 Å². The van der Waals surface area contributed by atoms with Gasteiger partial charge in [-0.3, -0.25) is 4.98 Å². The number of hydrogen-bond donors (Lipinski definition) is 1. The van der Waals surface area contributed by atoms with Gasteiger partial charge in [0.25, 0.3) is 0 Å². The molecule has 1 saturated heterocycles. The first kappa shape index (κ1) is 18.2. The fraction of sp³-hybridized carbons (Fsp3) is 0.435. The van der Waals surface area contributed by atoms with Gasteiger partial charge in [0, 0.05) is 25.8 Å². The molecule has 1 aliphatic heterocycles. The summed E-state index contributed by atoms with van der Waals surface area (Å²) >= 11 is 0. The van der Waals surface area contributed by atoms with Crippen LogP contribution in [0.4, 0.5) is 4.79 Å². The predicted molar refractivity (Wildman–Crippen MR) is 112 cm³/mol. The lowest BCUT2D eigenvalue weighted by atomic mass is 9.96. The number of likely N-dealkylation sites (tertiary alicyclic amines) is 1. The summed E-state index contributed by atoms with van der Waals surface area (Å²) in [4.78, 5) is 23.7. The van der Waals surface area contributed by atoms with Gasteiger partial charge in [-0.25, -0.2) is 9.78 Å². The third-order valence-corrected chi connectivity index (χ3v) is 6.51. The van der Waals surface area contributed by atoms with Crippen LogP contribution in [0.2, 0.25) is 0 Å². The molecule has 0 spiro atoms. The number of carbonyl (C=O) groups is 1. The molecular weight excluding hydrogens is 362 g/mol. The summed E-state index contributed by atoms with van der Waals surface area (Å²) in [5.41, 5.74) is 3.18. The molecule has 0 bridgehead atoms. The Kier molecular flexibility index (Phi) is 4.49. The van der Waals surface area contributed by atoms with E-state index >= 15 is 0 Å². The number of aryl methyl sites for hydroxylation is 1. The van der Waals surface area contributed by atoms with Gasteiger partial charge in [0.15, 0.2) is 0 Å². The number of fused-ring (bicyclic) bond motifs is 1. The molecule has 6 nitrogen and oxygen atoms in total. The molecule has 5 rings (SSSR count). The van der Waals surface area contributed by atoms with Gasteiger partial charge in [-0.1, -0.05) is 30.3 Å². The zero-order valence-corrected chi connectivity index (χ0v) is 16.8. The predicted octanol–water partition coefficient (Wildman–Crippen LogP) is 3.85. The maximum absolute atomic E-state index is 12.9. The second-order valence-corrected chi connectivity index (χ2v) is 8.44. The van der Waals surface area contributed by atoms with Crippen LogP contribution < -0.4 is 5.32 Å². The molecular formula is C23H27N5O. The second-order valence-electron chi connectivity index (χ2n) is 8.44. The third-order valence-electron chi connectivity index (χ3n) is 6.51. The van der Waals surface area contributed by atoms with Gasteiger partial charge < -0.3 is 14.8 Å². The molecule has 6 heteroatoms. The van der Waals surface area contributed by atoms with E-state index in [1.807, 2.05) is 41.6 Å². The fourth-order valence-corrected chi connectivity index (χ4v) is 4.56. The van der Waals surface area contributed by atoms with Gasteiger partial charge in [0.2, 0.25) is 0 Å². The minimum Gasteiger partial charge on any atom is -0.328 e. The van der Waals surface area contributed by atoms with Gasteiger partial charge in [0.05, 0.1) is 17.3 Å². The number of amides is 2. The van der Waals surface area contributed by atoms with E-state index < -0.39 is 0 Å². The summed E-state index contributed by atoms with van der Waals surface area (Å²) in [5, 5.41) is 3.31. The lowest BCUT2D eigenvalue weighted by Gasteiger charge is -2.33. The van der Waals surface area contributed by atoms with Crippen molar-refractivity contribution >= 4 is 17.1 Å². The summed E-state index contributed by atoms with van der Waals surface area (Å²) in [6, 6.07) is 12.5. The van der Waals surface area contributed by atoms with Crippen LogP contribution in [0, 0.1) is 12.8 Å². The monoisotopic (exact) mass is 389 g/mol. The molecule has 2 aromatic heterocycles. The first-order valence-electron chi connectivity index (χ1n) is 10.5. The van der Waals surface area contributed by atoms with Gasteiger partial charge in [0.1, 0.15) is 11.3 Å². The lowest BCUT2D eigenvalue weighted by Crippen LogP contribution is -2.48. The number of hydrogen-bond acceptors (Lipinski definition) is 3. The van der Waals surface area contributed by atoms with E-state index in [4.69, 9.17) is 0 Å². The molecule has 1 aliphatic carbocycles. The summed E-state index contributed by atoms with van der Waals surface area (Å²) in [6.07, 6.45) is 7.76. The summed E-state index contributed by atoms with van der Waals surface area (Å²) in [7, 11) is 0. The molecule has 0 unspecified atom stereocenters. The molecule has 2 amide bonds. The lowest BCUT2D eigenvalue weighted by molar-refractivity contribution is 0.161. The number of carbonyl (C=O) groups excluding carboxylic acids is 1. The largest absolute Gasteiger partial charge is 0.328 e. The van der Waals surface area contributed by atoms with Crippen molar-refractivity contribution in [2.75, 3.05) is 13.1 Å². The Balaban J connectivity index is 1.20. The Morgan fingerprint density at radius 1 is 1.17 bits per heavy atom. The Bertz CT molecular complexity index is 1020. The number of pyridine rings is 1. The highest BCUT2D eigenvalue weighted by atomic mass is 16.2. The van der Waals surface area contributed by atoms with Crippen molar-refractivity contribution in [3.63, 3.8) is 0 Å². The number of urea groups is 1. The zero-order chi connectivity index (χ0) is 19.8. The molecule has 3 heterocycles. The van der Waals surface area contributed by atoms with Crippen molar-refractivity contribution in [3.05, 3.63) is 60.2 Å². The van der Waals surface area contributed by atoms with Gasteiger partial charge in [-0.2, -0.15) is 0 Å². The normalized spacial score (nSPS) is 18.7. The zero-order valence-electron chi connectivity index (χ0n) is 16.8. The fourth-order valence-electron chi connectivity index (χ4n) is 4.56. The van der Waals surface area contributed by atoms with Gasteiger partial charge >= 0.3 is 6.03 Å². The van der Waals surface area contributed by atoms with E-state index in [9.17, 15) is 4.79 Å². The van der Waals surface area contributed by atoms with E-state index in [-0.39, 0.29) is 11.6 Å². The second kappa shape index (κ2) is 7.17. The highest BCUT2D eigenvalue weighted by Crippen LogP contribution is 2.45. The maximum atomic E-state index is 12.9. The number of nitrogens with zero attached hydrogens (tertiary/aromatic N) is 4. The van der Waals surface area contributed by atoms with Crippen molar-refractivity contribution in [2.24, 2.45) is 5.92 Å².